The Hall–Kier alpha value is -2.69. The molecule has 2 aromatic rings. The van der Waals surface area contributed by atoms with E-state index in [0.29, 0.717) is 17.6 Å². The predicted molar refractivity (Wildman–Crippen MR) is 70.6 cm³/mol. The lowest BCUT2D eigenvalue weighted by Crippen LogP contribution is -1.97. The molecule has 94 valence electrons. The minimum atomic E-state index is -0.0669. The van der Waals surface area contributed by atoms with Crippen LogP contribution in [0.2, 0.25) is 0 Å². The topological polar surface area (TPSA) is 89.1 Å². The van der Waals surface area contributed by atoms with Crippen LogP contribution in [0.25, 0.3) is 6.08 Å². The number of ketones is 1. The summed E-state index contributed by atoms with van der Waals surface area (Å²) in [5, 5.41) is 9.42. The number of carbonyl (C=O) groups excluding carboxylic acids is 1. The van der Waals surface area contributed by atoms with Gasteiger partial charge in [0.25, 0.3) is 0 Å². The summed E-state index contributed by atoms with van der Waals surface area (Å²) in [6, 6.07) is 4.85. The average Bonchev–Trinajstić information content (AvgIpc) is 2.70. The van der Waals surface area contributed by atoms with Crippen LogP contribution in [0.3, 0.4) is 0 Å². The maximum Gasteiger partial charge on any atom is 0.219 e. The molecule has 5 nitrogen and oxygen atoms in total. The molecule has 0 amide bonds. The summed E-state index contributed by atoms with van der Waals surface area (Å²) in [7, 11) is 0. The average molecular weight is 253 g/mol. The van der Waals surface area contributed by atoms with E-state index in [4.69, 9.17) is 5.73 Å². The van der Waals surface area contributed by atoms with Gasteiger partial charge in [-0.25, -0.2) is 9.97 Å². The maximum atomic E-state index is 12.2. The number of aromatic hydroxyl groups is 1. The van der Waals surface area contributed by atoms with Crippen molar-refractivity contribution in [3.8, 4) is 5.75 Å². The van der Waals surface area contributed by atoms with Crippen LogP contribution >= 0.6 is 0 Å². The summed E-state index contributed by atoms with van der Waals surface area (Å²) in [4.78, 5) is 19.9. The largest absolute Gasteiger partial charge is 0.508 e. The molecule has 0 saturated carbocycles. The van der Waals surface area contributed by atoms with E-state index in [1.807, 2.05) is 0 Å². The smallest absolute Gasteiger partial charge is 0.219 e. The second-order valence-electron chi connectivity index (χ2n) is 4.39. The Morgan fingerprint density at radius 3 is 2.74 bits per heavy atom. The molecule has 0 aliphatic heterocycles. The quantitative estimate of drug-likeness (QED) is 0.753. The van der Waals surface area contributed by atoms with Gasteiger partial charge in [0.2, 0.25) is 5.95 Å². The number of rotatable bonds is 1. The van der Waals surface area contributed by atoms with Gasteiger partial charge >= 0.3 is 0 Å². The van der Waals surface area contributed by atoms with Gasteiger partial charge in [0.1, 0.15) is 5.75 Å². The predicted octanol–water partition coefficient (Wildman–Crippen LogP) is 1.59. The molecule has 1 aliphatic carbocycles. The Balaban J connectivity index is 1.97. The molecule has 1 aliphatic rings. The number of nitrogens with zero attached hydrogens (tertiary/aromatic N) is 2. The van der Waals surface area contributed by atoms with E-state index >= 15 is 0 Å². The lowest BCUT2D eigenvalue weighted by Gasteiger charge is -1.96. The van der Waals surface area contributed by atoms with E-state index in [-0.39, 0.29) is 17.5 Å². The van der Waals surface area contributed by atoms with Crippen molar-refractivity contribution >= 4 is 17.8 Å². The Bertz CT molecular complexity index is 690. The van der Waals surface area contributed by atoms with E-state index in [1.165, 1.54) is 6.07 Å². The van der Waals surface area contributed by atoms with Gasteiger partial charge in [0, 0.05) is 35.5 Å². The van der Waals surface area contributed by atoms with Crippen LogP contribution in [0.15, 0.2) is 36.2 Å². The number of hydrogen-bond acceptors (Lipinski definition) is 5. The van der Waals surface area contributed by atoms with Crippen LogP contribution in [-0.2, 0) is 6.42 Å². The summed E-state index contributed by atoms with van der Waals surface area (Å²) in [6.07, 6.45) is 5.45. The lowest BCUT2D eigenvalue weighted by molar-refractivity contribution is 0.104. The minimum absolute atomic E-state index is 0.0669. The number of nitrogen functional groups attached to an aromatic ring is 1. The van der Waals surface area contributed by atoms with Gasteiger partial charge in [-0.1, -0.05) is 6.07 Å². The van der Waals surface area contributed by atoms with Gasteiger partial charge in [-0.2, -0.15) is 0 Å². The van der Waals surface area contributed by atoms with Crippen molar-refractivity contribution in [2.24, 2.45) is 0 Å². The van der Waals surface area contributed by atoms with Crippen LogP contribution in [0, 0.1) is 0 Å². The number of fused-ring (bicyclic) bond motifs is 1. The minimum Gasteiger partial charge on any atom is -0.508 e. The van der Waals surface area contributed by atoms with E-state index in [0.717, 1.165) is 11.1 Å². The molecule has 0 atom stereocenters. The molecule has 1 aromatic heterocycles. The zero-order valence-electron chi connectivity index (χ0n) is 10.00. The second kappa shape index (κ2) is 4.20. The molecular formula is C14H11N3O2. The van der Waals surface area contributed by atoms with Gasteiger partial charge in [0.15, 0.2) is 5.78 Å². The molecule has 1 heterocycles. The van der Waals surface area contributed by atoms with Gasteiger partial charge in [-0.05, 0) is 23.8 Å². The fraction of sp³-hybridized carbons (Fsp3) is 0.0714. The highest BCUT2D eigenvalue weighted by Gasteiger charge is 2.24. The summed E-state index contributed by atoms with van der Waals surface area (Å²) in [5.74, 6) is 0.236. The fourth-order valence-electron chi connectivity index (χ4n) is 2.13. The van der Waals surface area contributed by atoms with Crippen molar-refractivity contribution in [3.63, 3.8) is 0 Å². The normalized spacial score (nSPS) is 15.8. The van der Waals surface area contributed by atoms with Crippen molar-refractivity contribution in [1.29, 1.82) is 0 Å². The number of aromatic nitrogens is 2. The summed E-state index contributed by atoms with van der Waals surface area (Å²) < 4.78 is 0. The highest BCUT2D eigenvalue weighted by atomic mass is 16.3. The lowest BCUT2D eigenvalue weighted by atomic mass is 10.1. The highest BCUT2D eigenvalue weighted by Crippen LogP contribution is 2.30. The van der Waals surface area contributed by atoms with E-state index in [2.05, 4.69) is 9.97 Å². The van der Waals surface area contributed by atoms with E-state index in [1.54, 1.807) is 30.6 Å². The van der Waals surface area contributed by atoms with E-state index in [9.17, 15) is 9.90 Å². The number of carbonyl (C=O) groups is 1. The number of nitrogens with two attached hydrogens (primary N) is 1. The Morgan fingerprint density at radius 1 is 1.26 bits per heavy atom. The first-order valence-electron chi connectivity index (χ1n) is 5.78. The number of phenolic OH excluding ortho intramolecular Hbond substituents is 1. The third kappa shape index (κ3) is 2.06. The Kier molecular flexibility index (Phi) is 2.52. The number of benzene rings is 1. The zero-order valence-corrected chi connectivity index (χ0v) is 10.00. The van der Waals surface area contributed by atoms with Crippen molar-refractivity contribution in [3.05, 3.63) is 52.9 Å². The number of hydrogen-bond donors (Lipinski definition) is 2. The molecule has 0 bridgehead atoms. The van der Waals surface area contributed by atoms with Crippen LogP contribution in [0.4, 0.5) is 5.95 Å². The Labute approximate surface area is 109 Å². The van der Waals surface area contributed by atoms with Crippen molar-refractivity contribution in [2.75, 3.05) is 5.73 Å². The van der Waals surface area contributed by atoms with Gasteiger partial charge in [-0.15, -0.1) is 0 Å². The molecule has 3 rings (SSSR count). The summed E-state index contributed by atoms with van der Waals surface area (Å²) in [6.45, 7) is 0. The molecular weight excluding hydrogens is 242 g/mol. The number of phenols is 1. The molecule has 0 radical (unpaired) electrons. The van der Waals surface area contributed by atoms with Crippen molar-refractivity contribution in [2.45, 2.75) is 6.42 Å². The Morgan fingerprint density at radius 2 is 2.00 bits per heavy atom. The highest BCUT2D eigenvalue weighted by molar-refractivity contribution is 6.15. The monoisotopic (exact) mass is 253 g/mol. The van der Waals surface area contributed by atoms with E-state index < -0.39 is 0 Å². The first kappa shape index (κ1) is 11.4. The van der Waals surface area contributed by atoms with Crippen molar-refractivity contribution < 1.29 is 9.90 Å². The fourth-order valence-corrected chi connectivity index (χ4v) is 2.13. The standard InChI is InChI=1S/C14H11N3O2/c15-14-16-6-8(7-17-14)3-10-4-9-1-2-11(18)5-12(9)13(10)19/h1-3,5-7,18H,4H2,(H2,15,16,17). The first-order chi connectivity index (χ1) is 9.13. The second-order valence-corrected chi connectivity index (χ2v) is 4.39. The zero-order chi connectivity index (χ0) is 13.4. The number of Topliss-reactive ketones (excluding diaryl/α,β-unsaturated/α-hetero) is 1. The van der Waals surface area contributed by atoms with Crippen LogP contribution in [0.1, 0.15) is 21.5 Å². The molecule has 1 aromatic carbocycles. The molecule has 0 spiro atoms. The van der Waals surface area contributed by atoms with Crippen LogP contribution in [-0.4, -0.2) is 20.9 Å². The first-order valence-corrected chi connectivity index (χ1v) is 5.78. The third-order valence-electron chi connectivity index (χ3n) is 3.04. The van der Waals surface area contributed by atoms with Crippen LogP contribution < -0.4 is 5.73 Å². The van der Waals surface area contributed by atoms with Gasteiger partial charge < -0.3 is 10.8 Å². The van der Waals surface area contributed by atoms with Gasteiger partial charge in [0.05, 0.1) is 0 Å². The molecule has 19 heavy (non-hydrogen) atoms. The number of allylic oxidation sites excluding steroid dienone is 1. The molecule has 0 unspecified atom stereocenters. The number of anilines is 1. The van der Waals surface area contributed by atoms with Gasteiger partial charge in [-0.3, -0.25) is 4.79 Å². The molecule has 0 saturated heterocycles. The SMILES string of the molecule is Nc1ncc(C=C2Cc3ccc(O)cc3C2=O)cn1. The van der Waals surface area contributed by atoms with Crippen LogP contribution in [0.5, 0.6) is 5.75 Å². The summed E-state index contributed by atoms with van der Waals surface area (Å²) >= 11 is 0. The maximum absolute atomic E-state index is 12.2. The van der Waals surface area contributed by atoms with Crippen molar-refractivity contribution in [1.82, 2.24) is 9.97 Å². The molecule has 3 N–H and O–H groups in total. The summed E-state index contributed by atoms with van der Waals surface area (Å²) in [5.41, 5.74) is 8.28. The molecule has 0 fully saturated rings. The third-order valence-corrected chi connectivity index (χ3v) is 3.04. The molecule has 5 heteroatoms.